The Hall–Kier alpha value is -1.60. The zero-order valence-corrected chi connectivity index (χ0v) is 10.3. The summed E-state index contributed by atoms with van der Waals surface area (Å²) >= 11 is 0. The van der Waals surface area contributed by atoms with Gasteiger partial charge in [-0.1, -0.05) is 6.07 Å². The lowest BCUT2D eigenvalue weighted by molar-refractivity contribution is 0.194. The van der Waals surface area contributed by atoms with Crippen molar-refractivity contribution >= 4 is 5.69 Å². The monoisotopic (exact) mass is 236 g/mol. The summed E-state index contributed by atoms with van der Waals surface area (Å²) in [5.41, 5.74) is 0.905. The SMILES string of the molecule is CC(C#N)CN(C)c1cccc(F)c1[C@H](C)O. The summed E-state index contributed by atoms with van der Waals surface area (Å²) in [7, 11) is 1.79. The highest BCUT2D eigenvalue weighted by molar-refractivity contribution is 5.54. The Labute approximate surface area is 101 Å². The fourth-order valence-corrected chi connectivity index (χ4v) is 1.82. The van der Waals surface area contributed by atoms with Crippen LogP contribution in [0.1, 0.15) is 25.5 Å². The van der Waals surface area contributed by atoms with E-state index in [0.29, 0.717) is 12.2 Å². The standard InChI is InChI=1S/C13H17FN2O/c1-9(7-15)8-16(3)12-6-4-5-11(14)13(12)10(2)17/h4-6,9-10,17H,8H2,1-3H3/t9?,10-/m0/s1. The number of halogens is 1. The van der Waals surface area contributed by atoms with Gasteiger partial charge in [0.15, 0.2) is 0 Å². The molecule has 0 aliphatic heterocycles. The summed E-state index contributed by atoms with van der Waals surface area (Å²) in [6.45, 7) is 3.83. The van der Waals surface area contributed by atoms with Gasteiger partial charge in [0.05, 0.1) is 18.1 Å². The maximum atomic E-state index is 13.6. The Morgan fingerprint density at radius 2 is 2.12 bits per heavy atom. The molecule has 1 aromatic rings. The first-order valence-corrected chi connectivity index (χ1v) is 5.54. The van der Waals surface area contributed by atoms with Crippen LogP contribution in [-0.4, -0.2) is 18.7 Å². The first-order valence-electron chi connectivity index (χ1n) is 5.54. The maximum Gasteiger partial charge on any atom is 0.131 e. The van der Waals surface area contributed by atoms with Crippen molar-refractivity contribution < 1.29 is 9.50 Å². The third-order valence-corrected chi connectivity index (χ3v) is 2.63. The van der Waals surface area contributed by atoms with Crippen LogP contribution in [0.4, 0.5) is 10.1 Å². The molecule has 3 nitrogen and oxygen atoms in total. The van der Waals surface area contributed by atoms with E-state index in [4.69, 9.17) is 5.26 Å². The van der Waals surface area contributed by atoms with Crippen molar-refractivity contribution in [2.24, 2.45) is 5.92 Å². The third-order valence-electron chi connectivity index (χ3n) is 2.63. The van der Waals surface area contributed by atoms with Gasteiger partial charge in [-0.15, -0.1) is 0 Å². The van der Waals surface area contributed by atoms with E-state index in [1.165, 1.54) is 13.0 Å². The molecule has 1 aromatic carbocycles. The molecule has 0 saturated heterocycles. The number of nitrogens with zero attached hydrogens (tertiary/aromatic N) is 2. The molecule has 0 aliphatic carbocycles. The average molecular weight is 236 g/mol. The van der Waals surface area contributed by atoms with E-state index < -0.39 is 11.9 Å². The Balaban J connectivity index is 3.05. The highest BCUT2D eigenvalue weighted by atomic mass is 19.1. The number of hydrogen-bond donors (Lipinski definition) is 1. The van der Waals surface area contributed by atoms with Crippen molar-refractivity contribution in [1.82, 2.24) is 0 Å². The Bertz CT molecular complexity index is 426. The zero-order chi connectivity index (χ0) is 13.0. The molecule has 0 saturated carbocycles. The van der Waals surface area contributed by atoms with Gasteiger partial charge in [-0.2, -0.15) is 5.26 Å². The molecule has 17 heavy (non-hydrogen) atoms. The molecule has 4 heteroatoms. The molecule has 92 valence electrons. The number of rotatable bonds is 4. The van der Waals surface area contributed by atoms with E-state index in [2.05, 4.69) is 6.07 Å². The quantitative estimate of drug-likeness (QED) is 0.873. The molecule has 0 amide bonds. The minimum atomic E-state index is -0.869. The Morgan fingerprint density at radius 3 is 2.65 bits per heavy atom. The number of anilines is 1. The summed E-state index contributed by atoms with van der Waals surface area (Å²) < 4.78 is 13.6. The average Bonchev–Trinajstić information content (AvgIpc) is 2.27. The van der Waals surface area contributed by atoms with Gasteiger partial charge in [0.25, 0.3) is 0 Å². The Kier molecular flexibility index (Phi) is 4.47. The normalized spacial score (nSPS) is 13.9. The first-order chi connectivity index (χ1) is 7.97. The van der Waals surface area contributed by atoms with Crippen molar-refractivity contribution in [3.8, 4) is 6.07 Å². The summed E-state index contributed by atoms with van der Waals surface area (Å²) in [5, 5.41) is 18.4. The fraction of sp³-hybridized carbons (Fsp3) is 0.462. The van der Waals surface area contributed by atoms with E-state index in [1.54, 1.807) is 31.0 Å². The van der Waals surface area contributed by atoms with Crippen molar-refractivity contribution in [3.05, 3.63) is 29.6 Å². The van der Waals surface area contributed by atoms with E-state index in [0.717, 1.165) is 0 Å². The molecule has 0 heterocycles. The molecule has 2 atom stereocenters. The van der Waals surface area contributed by atoms with Crippen LogP contribution in [0.2, 0.25) is 0 Å². The fourth-order valence-electron chi connectivity index (χ4n) is 1.82. The molecule has 0 radical (unpaired) electrons. The van der Waals surface area contributed by atoms with E-state index in [1.807, 2.05) is 0 Å². The second kappa shape index (κ2) is 5.65. The van der Waals surface area contributed by atoms with Gasteiger partial charge in [-0.3, -0.25) is 0 Å². The number of aliphatic hydroxyl groups is 1. The zero-order valence-electron chi connectivity index (χ0n) is 10.3. The number of benzene rings is 1. The van der Waals surface area contributed by atoms with E-state index in [-0.39, 0.29) is 11.5 Å². The molecular formula is C13H17FN2O. The van der Waals surface area contributed by atoms with Crippen LogP contribution in [-0.2, 0) is 0 Å². The molecule has 1 N–H and O–H groups in total. The first kappa shape index (κ1) is 13.5. The predicted octanol–water partition coefficient (Wildman–Crippen LogP) is 2.47. The molecule has 0 aromatic heterocycles. The number of hydrogen-bond acceptors (Lipinski definition) is 3. The smallest absolute Gasteiger partial charge is 0.131 e. The second-order valence-electron chi connectivity index (χ2n) is 4.26. The highest BCUT2D eigenvalue weighted by Crippen LogP contribution is 2.28. The molecule has 0 spiro atoms. The van der Waals surface area contributed by atoms with Gasteiger partial charge in [0.2, 0.25) is 0 Å². The summed E-state index contributed by atoms with van der Waals surface area (Å²) in [6.07, 6.45) is -0.869. The minimum Gasteiger partial charge on any atom is -0.389 e. The van der Waals surface area contributed by atoms with Gasteiger partial charge < -0.3 is 10.0 Å². The van der Waals surface area contributed by atoms with Crippen molar-refractivity contribution in [2.45, 2.75) is 20.0 Å². The van der Waals surface area contributed by atoms with E-state index in [9.17, 15) is 9.50 Å². The maximum absolute atomic E-state index is 13.6. The van der Waals surface area contributed by atoms with Crippen LogP contribution >= 0.6 is 0 Å². The lowest BCUT2D eigenvalue weighted by Crippen LogP contribution is -2.25. The molecule has 1 unspecified atom stereocenters. The van der Waals surface area contributed by atoms with Gasteiger partial charge in [-0.05, 0) is 26.0 Å². The van der Waals surface area contributed by atoms with Crippen LogP contribution in [0, 0.1) is 23.1 Å². The number of aliphatic hydroxyl groups excluding tert-OH is 1. The molecule has 0 fully saturated rings. The summed E-state index contributed by atoms with van der Waals surface area (Å²) in [4.78, 5) is 1.79. The summed E-state index contributed by atoms with van der Waals surface area (Å²) in [6, 6.07) is 6.80. The van der Waals surface area contributed by atoms with Gasteiger partial charge in [-0.25, -0.2) is 4.39 Å². The second-order valence-corrected chi connectivity index (χ2v) is 4.26. The van der Waals surface area contributed by atoms with Crippen LogP contribution < -0.4 is 4.90 Å². The van der Waals surface area contributed by atoms with Crippen molar-refractivity contribution in [2.75, 3.05) is 18.5 Å². The lowest BCUT2D eigenvalue weighted by atomic mass is 10.1. The van der Waals surface area contributed by atoms with Gasteiger partial charge in [0, 0.05) is 24.8 Å². The third kappa shape index (κ3) is 3.18. The van der Waals surface area contributed by atoms with Crippen molar-refractivity contribution in [3.63, 3.8) is 0 Å². The van der Waals surface area contributed by atoms with Crippen LogP contribution in [0.25, 0.3) is 0 Å². The highest BCUT2D eigenvalue weighted by Gasteiger charge is 2.17. The van der Waals surface area contributed by atoms with Gasteiger partial charge in [0.1, 0.15) is 5.82 Å². The molecular weight excluding hydrogens is 219 g/mol. The topological polar surface area (TPSA) is 47.3 Å². The molecule has 0 bridgehead atoms. The molecule has 0 aliphatic rings. The Morgan fingerprint density at radius 1 is 1.47 bits per heavy atom. The van der Waals surface area contributed by atoms with Gasteiger partial charge >= 0.3 is 0 Å². The van der Waals surface area contributed by atoms with Crippen LogP contribution in [0.5, 0.6) is 0 Å². The predicted molar refractivity (Wildman–Crippen MR) is 65.1 cm³/mol. The van der Waals surface area contributed by atoms with Crippen LogP contribution in [0.15, 0.2) is 18.2 Å². The van der Waals surface area contributed by atoms with E-state index >= 15 is 0 Å². The lowest BCUT2D eigenvalue weighted by Gasteiger charge is -2.24. The van der Waals surface area contributed by atoms with Crippen LogP contribution in [0.3, 0.4) is 0 Å². The number of nitriles is 1. The molecule has 1 rings (SSSR count). The summed E-state index contributed by atoms with van der Waals surface area (Å²) in [5.74, 6) is -0.570. The largest absolute Gasteiger partial charge is 0.389 e. The van der Waals surface area contributed by atoms with Crippen molar-refractivity contribution in [1.29, 1.82) is 5.26 Å². The minimum absolute atomic E-state index is 0.148.